The maximum absolute atomic E-state index is 12.5. The second kappa shape index (κ2) is 6.09. The summed E-state index contributed by atoms with van der Waals surface area (Å²) in [6, 6.07) is 16.4. The number of esters is 1. The first-order chi connectivity index (χ1) is 12.1. The highest BCUT2D eigenvalue weighted by Crippen LogP contribution is 2.25. The highest BCUT2D eigenvalue weighted by atomic mass is 16.5. The lowest BCUT2D eigenvalue weighted by atomic mass is 9.98. The first-order valence-electron chi connectivity index (χ1n) is 8.19. The van der Waals surface area contributed by atoms with E-state index in [1.54, 1.807) is 12.1 Å². The molecule has 25 heavy (non-hydrogen) atoms. The molecule has 1 aliphatic rings. The molecule has 0 spiro atoms. The largest absolute Gasteiger partial charge is 0.459 e. The number of benzene rings is 2. The molecule has 2 heterocycles. The summed E-state index contributed by atoms with van der Waals surface area (Å²) in [5, 5.41) is 3.85. The number of para-hydroxylation sites is 1. The van der Waals surface area contributed by atoms with E-state index in [2.05, 4.69) is 5.32 Å². The van der Waals surface area contributed by atoms with Crippen LogP contribution in [0.5, 0.6) is 0 Å². The SMILES string of the molecule is C[C@H](NC(=O)[C@H]1Cc2ccccc2C(=O)O1)c1cc2ccccc2o1. The summed E-state index contributed by atoms with van der Waals surface area (Å²) < 4.78 is 11.1. The average Bonchev–Trinajstić information content (AvgIpc) is 3.06. The fourth-order valence-electron chi connectivity index (χ4n) is 3.07. The van der Waals surface area contributed by atoms with Crippen molar-refractivity contribution in [3.05, 3.63) is 71.5 Å². The molecular formula is C20H17NO4. The summed E-state index contributed by atoms with van der Waals surface area (Å²) >= 11 is 0. The predicted octanol–water partition coefficient (Wildman–Crippen LogP) is 3.39. The number of nitrogens with one attached hydrogen (secondary N) is 1. The van der Waals surface area contributed by atoms with Crippen LogP contribution in [0.1, 0.15) is 34.6 Å². The third-order valence-corrected chi connectivity index (χ3v) is 4.41. The Morgan fingerprint density at radius 2 is 1.92 bits per heavy atom. The second-order valence-corrected chi connectivity index (χ2v) is 6.17. The average molecular weight is 335 g/mol. The lowest BCUT2D eigenvalue weighted by Gasteiger charge is -2.24. The minimum atomic E-state index is -0.825. The molecule has 0 unspecified atom stereocenters. The van der Waals surface area contributed by atoms with E-state index in [4.69, 9.17) is 9.15 Å². The van der Waals surface area contributed by atoms with Crippen molar-refractivity contribution < 1.29 is 18.7 Å². The van der Waals surface area contributed by atoms with E-state index in [0.29, 0.717) is 17.7 Å². The Hall–Kier alpha value is -3.08. The fourth-order valence-corrected chi connectivity index (χ4v) is 3.07. The van der Waals surface area contributed by atoms with E-state index in [0.717, 1.165) is 16.5 Å². The van der Waals surface area contributed by atoms with Gasteiger partial charge in [0, 0.05) is 11.8 Å². The van der Waals surface area contributed by atoms with Crippen LogP contribution >= 0.6 is 0 Å². The molecule has 5 heteroatoms. The third-order valence-electron chi connectivity index (χ3n) is 4.41. The van der Waals surface area contributed by atoms with Crippen molar-refractivity contribution in [2.24, 2.45) is 0 Å². The van der Waals surface area contributed by atoms with Crippen LogP contribution in [-0.2, 0) is 16.0 Å². The number of rotatable bonds is 3. The molecular weight excluding hydrogens is 318 g/mol. The van der Waals surface area contributed by atoms with E-state index in [1.165, 1.54) is 0 Å². The molecule has 1 aromatic heterocycles. The van der Waals surface area contributed by atoms with Crippen molar-refractivity contribution >= 4 is 22.8 Å². The van der Waals surface area contributed by atoms with Crippen LogP contribution in [0, 0.1) is 0 Å². The minimum Gasteiger partial charge on any atom is -0.459 e. The number of fused-ring (bicyclic) bond motifs is 2. The monoisotopic (exact) mass is 335 g/mol. The van der Waals surface area contributed by atoms with Crippen LogP contribution in [0.25, 0.3) is 11.0 Å². The van der Waals surface area contributed by atoms with Crippen molar-refractivity contribution in [1.82, 2.24) is 5.32 Å². The van der Waals surface area contributed by atoms with Gasteiger partial charge in [-0.2, -0.15) is 0 Å². The number of amides is 1. The zero-order chi connectivity index (χ0) is 17.4. The first kappa shape index (κ1) is 15.4. The van der Waals surface area contributed by atoms with Gasteiger partial charge >= 0.3 is 5.97 Å². The molecule has 126 valence electrons. The Morgan fingerprint density at radius 3 is 2.76 bits per heavy atom. The molecule has 3 aromatic rings. The Labute approximate surface area is 144 Å². The molecule has 1 N–H and O–H groups in total. The fraction of sp³-hybridized carbons (Fsp3) is 0.200. The van der Waals surface area contributed by atoms with Gasteiger partial charge in [0.25, 0.3) is 5.91 Å². The molecule has 0 fully saturated rings. The van der Waals surface area contributed by atoms with E-state index in [-0.39, 0.29) is 11.9 Å². The summed E-state index contributed by atoms with van der Waals surface area (Å²) in [4.78, 5) is 24.6. The molecule has 1 amide bonds. The normalized spacial score (nSPS) is 17.6. The van der Waals surface area contributed by atoms with E-state index in [1.807, 2.05) is 49.4 Å². The van der Waals surface area contributed by atoms with Crippen LogP contribution in [0.4, 0.5) is 0 Å². The van der Waals surface area contributed by atoms with Crippen molar-refractivity contribution in [3.63, 3.8) is 0 Å². The number of furan rings is 1. The summed E-state index contributed by atoms with van der Waals surface area (Å²) in [7, 11) is 0. The zero-order valence-electron chi connectivity index (χ0n) is 13.7. The zero-order valence-corrected chi connectivity index (χ0v) is 13.7. The van der Waals surface area contributed by atoms with Crippen LogP contribution in [0.15, 0.2) is 59.0 Å². The van der Waals surface area contributed by atoms with Gasteiger partial charge in [0.05, 0.1) is 11.6 Å². The maximum Gasteiger partial charge on any atom is 0.339 e. The Kier molecular flexibility index (Phi) is 3.76. The number of ether oxygens (including phenoxy) is 1. The first-order valence-corrected chi connectivity index (χ1v) is 8.19. The standard InChI is InChI=1S/C20H17NO4/c1-12(17-11-14-7-3-5-9-16(14)24-17)21-19(22)18-10-13-6-2-4-8-15(13)20(23)25-18/h2-9,11-12,18H,10H2,1H3,(H,21,22)/t12-,18+/m0/s1. The predicted molar refractivity (Wildman–Crippen MR) is 92.1 cm³/mol. The van der Waals surface area contributed by atoms with Gasteiger partial charge in [0.15, 0.2) is 6.10 Å². The van der Waals surface area contributed by atoms with Crippen molar-refractivity contribution in [2.75, 3.05) is 0 Å². The van der Waals surface area contributed by atoms with Gasteiger partial charge in [-0.05, 0) is 30.7 Å². The summed E-state index contributed by atoms with van der Waals surface area (Å²) in [5.74, 6) is -0.119. The molecule has 0 bridgehead atoms. The molecule has 2 aromatic carbocycles. The second-order valence-electron chi connectivity index (χ2n) is 6.17. The highest BCUT2D eigenvalue weighted by Gasteiger charge is 2.32. The van der Waals surface area contributed by atoms with Crippen molar-refractivity contribution in [3.8, 4) is 0 Å². The van der Waals surface area contributed by atoms with Crippen LogP contribution in [0.2, 0.25) is 0 Å². The maximum atomic E-state index is 12.5. The third kappa shape index (κ3) is 2.89. The lowest BCUT2D eigenvalue weighted by molar-refractivity contribution is -0.131. The Balaban J connectivity index is 1.49. The van der Waals surface area contributed by atoms with Gasteiger partial charge in [-0.1, -0.05) is 36.4 Å². The quantitative estimate of drug-likeness (QED) is 0.745. The topological polar surface area (TPSA) is 68.5 Å². The number of carbonyl (C=O) groups is 2. The Morgan fingerprint density at radius 1 is 1.16 bits per heavy atom. The van der Waals surface area contributed by atoms with E-state index in [9.17, 15) is 9.59 Å². The molecule has 0 aliphatic carbocycles. The molecule has 0 saturated carbocycles. The van der Waals surface area contributed by atoms with Gasteiger partial charge in [0.1, 0.15) is 11.3 Å². The molecule has 2 atom stereocenters. The van der Waals surface area contributed by atoms with Crippen LogP contribution in [0.3, 0.4) is 0 Å². The number of hydrogen-bond acceptors (Lipinski definition) is 4. The number of cyclic esters (lactones) is 1. The van der Waals surface area contributed by atoms with Gasteiger partial charge < -0.3 is 14.5 Å². The van der Waals surface area contributed by atoms with Crippen molar-refractivity contribution in [2.45, 2.75) is 25.5 Å². The van der Waals surface area contributed by atoms with E-state index >= 15 is 0 Å². The van der Waals surface area contributed by atoms with E-state index < -0.39 is 12.1 Å². The number of carbonyl (C=O) groups excluding carboxylic acids is 2. The summed E-state index contributed by atoms with van der Waals surface area (Å²) in [5.41, 5.74) is 2.13. The van der Waals surface area contributed by atoms with Gasteiger partial charge in [-0.15, -0.1) is 0 Å². The molecule has 1 aliphatic heterocycles. The van der Waals surface area contributed by atoms with Gasteiger partial charge in [-0.3, -0.25) is 4.79 Å². The Bertz CT molecular complexity index is 926. The molecule has 4 rings (SSSR count). The van der Waals surface area contributed by atoms with Crippen LogP contribution < -0.4 is 5.32 Å². The molecule has 0 saturated heterocycles. The van der Waals surface area contributed by atoms with Crippen LogP contribution in [-0.4, -0.2) is 18.0 Å². The smallest absolute Gasteiger partial charge is 0.339 e. The van der Waals surface area contributed by atoms with Gasteiger partial charge in [-0.25, -0.2) is 4.79 Å². The lowest BCUT2D eigenvalue weighted by Crippen LogP contribution is -2.42. The molecule has 5 nitrogen and oxygen atoms in total. The summed E-state index contributed by atoms with van der Waals surface area (Å²) in [6.45, 7) is 1.84. The van der Waals surface area contributed by atoms with Crippen molar-refractivity contribution in [1.29, 1.82) is 0 Å². The van der Waals surface area contributed by atoms with Gasteiger partial charge in [0.2, 0.25) is 0 Å². The summed E-state index contributed by atoms with van der Waals surface area (Å²) in [6.07, 6.45) is -0.449. The minimum absolute atomic E-state index is 0.323. The number of hydrogen-bond donors (Lipinski definition) is 1. The highest BCUT2D eigenvalue weighted by molar-refractivity contribution is 5.95. The molecule has 0 radical (unpaired) electrons.